The zero-order chi connectivity index (χ0) is 9.52. The molecule has 1 atom stereocenters. The van der Waals surface area contributed by atoms with Crippen molar-refractivity contribution in [1.82, 2.24) is 0 Å². The van der Waals surface area contributed by atoms with Crippen LogP contribution in [0.2, 0.25) is 0 Å². The van der Waals surface area contributed by atoms with E-state index in [1.54, 1.807) is 0 Å². The van der Waals surface area contributed by atoms with Crippen LogP contribution >= 0.6 is 0 Å². The average molecular weight is 182 g/mol. The van der Waals surface area contributed by atoms with Gasteiger partial charge in [0.15, 0.2) is 0 Å². The van der Waals surface area contributed by atoms with E-state index < -0.39 is 0 Å². The second-order valence-corrected chi connectivity index (χ2v) is 3.54. The fraction of sp³-hybridized carbons (Fsp3) is 0.727. The number of unbranched alkanes of at least 4 members (excludes halogenated alkanes) is 4. The third-order valence-electron chi connectivity index (χ3n) is 2.31. The molecule has 1 aliphatic rings. The van der Waals surface area contributed by atoms with Crippen LogP contribution in [0.25, 0.3) is 0 Å². The first-order chi connectivity index (χ1) is 6.33. The van der Waals surface area contributed by atoms with Crippen LogP contribution in [-0.4, -0.2) is 12.1 Å². The summed E-state index contributed by atoms with van der Waals surface area (Å²) in [5.74, 6) is -0.182. The Morgan fingerprint density at radius 2 is 2.08 bits per heavy atom. The molecule has 0 aromatic carbocycles. The van der Waals surface area contributed by atoms with E-state index in [-0.39, 0.29) is 12.1 Å². The lowest BCUT2D eigenvalue weighted by Crippen LogP contribution is -2.06. The van der Waals surface area contributed by atoms with Crippen LogP contribution in [0.5, 0.6) is 0 Å². The number of carbonyl (C=O) groups is 1. The molecule has 0 aliphatic carbocycles. The van der Waals surface area contributed by atoms with Crippen molar-refractivity contribution < 1.29 is 9.53 Å². The predicted octanol–water partition coefficient (Wildman–Crippen LogP) is 2.83. The number of cyclic esters (lactones) is 1. The van der Waals surface area contributed by atoms with E-state index in [9.17, 15) is 4.79 Å². The van der Waals surface area contributed by atoms with Gasteiger partial charge in [0.1, 0.15) is 6.10 Å². The third kappa shape index (κ3) is 4.11. The van der Waals surface area contributed by atoms with Gasteiger partial charge in [0.25, 0.3) is 0 Å². The highest BCUT2D eigenvalue weighted by Gasteiger charge is 2.15. The number of ether oxygens (including phenoxy) is 1. The minimum atomic E-state index is -0.182. The Labute approximate surface area is 80.0 Å². The van der Waals surface area contributed by atoms with Crippen molar-refractivity contribution in [3.05, 3.63) is 12.2 Å². The second-order valence-electron chi connectivity index (χ2n) is 3.54. The highest BCUT2D eigenvalue weighted by atomic mass is 16.5. The van der Waals surface area contributed by atoms with Gasteiger partial charge in [-0.2, -0.15) is 0 Å². The molecule has 0 amide bonds. The van der Waals surface area contributed by atoms with Gasteiger partial charge in [-0.15, -0.1) is 0 Å². The zero-order valence-corrected chi connectivity index (χ0v) is 8.29. The summed E-state index contributed by atoms with van der Waals surface area (Å²) in [6, 6.07) is 0. The molecule has 0 saturated carbocycles. The molecule has 1 heterocycles. The lowest BCUT2D eigenvalue weighted by molar-refractivity contribution is -0.138. The molecule has 0 fully saturated rings. The van der Waals surface area contributed by atoms with E-state index in [0.29, 0.717) is 0 Å². The van der Waals surface area contributed by atoms with Crippen LogP contribution in [-0.2, 0) is 9.53 Å². The van der Waals surface area contributed by atoms with Gasteiger partial charge in [-0.05, 0) is 18.9 Å². The maximum atomic E-state index is 10.7. The van der Waals surface area contributed by atoms with E-state index in [0.717, 1.165) is 6.42 Å². The van der Waals surface area contributed by atoms with Crippen LogP contribution in [0.4, 0.5) is 0 Å². The fourth-order valence-electron chi connectivity index (χ4n) is 1.52. The molecule has 2 nitrogen and oxygen atoms in total. The molecule has 0 bridgehead atoms. The fourth-order valence-corrected chi connectivity index (χ4v) is 1.52. The highest BCUT2D eigenvalue weighted by molar-refractivity contribution is 5.84. The monoisotopic (exact) mass is 182 g/mol. The molecule has 1 rings (SSSR count). The standard InChI is InChI=1S/C11H18O2/c1-2-3-4-5-6-7-10-8-9-11(12)13-10/h8-10H,2-7H2,1H3/t10-/m1/s1. The first kappa shape index (κ1) is 10.3. The molecule has 1 aliphatic heterocycles. The number of hydrogen-bond donors (Lipinski definition) is 0. The van der Waals surface area contributed by atoms with E-state index in [2.05, 4.69) is 6.92 Å². The summed E-state index contributed by atoms with van der Waals surface area (Å²) < 4.78 is 5.02. The molecular formula is C11H18O2. The minimum Gasteiger partial charge on any atom is -0.455 e. The second kappa shape index (κ2) is 5.79. The number of esters is 1. The topological polar surface area (TPSA) is 26.3 Å². The maximum Gasteiger partial charge on any atom is 0.331 e. The van der Waals surface area contributed by atoms with Crippen molar-refractivity contribution in [3.8, 4) is 0 Å². The van der Waals surface area contributed by atoms with E-state index in [4.69, 9.17) is 4.74 Å². The SMILES string of the molecule is CCCCCCC[C@@H]1C=CC(=O)O1. The van der Waals surface area contributed by atoms with Gasteiger partial charge in [-0.3, -0.25) is 0 Å². The predicted molar refractivity (Wildman–Crippen MR) is 52.4 cm³/mol. The summed E-state index contributed by atoms with van der Waals surface area (Å²) >= 11 is 0. The summed E-state index contributed by atoms with van der Waals surface area (Å²) in [7, 11) is 0. The smallest absolute Gasteiger partial charge is 0.331 e. The van der Waals surface area contributed by atoms with Crippen LogP contribution < -0.4 is 0 Å². The van der Waals surface area contributed by atoms with Gasteiger partial charge in [-0.1, -0.05) is 32.6 Å². The molecule has 0 unspecified atom stereocenters. The third-order valence-corrected chi connectivity index (χ3v) is 2.31. The van der Waals surface area contributed by atoms with E-state index in [1.165, 1.54) is 38.2 Å². The van der Waals surface area contributed by atoms with E-state index in [1.807, 2.05) is 6.08 Å². The van der Waals surface area contributed by atoms with Crippen LogP contribution in [0.1, 0.15) is 45.4 Å². The van der Waals surface area contributed by atoms with Crippen molar-refractivity contribution >= 4 is 5.97 Å². The maximum absolute atomic E-state index is 10.7. The van der Waals surface area contributed by atoms with E-state index >= 15 is 0 Å². The van der Waals surface area contributed by atoms with Crippen LogP contribution in [0, 0.1) is 0 Å². The number of rotatable bonds is 6. The van der Waals surface area contributed by atoms with Crippen molar-refractivity contribution in [1.29, 1.82) is 0 Å². The summed E-state index contributed by atoms with van der Waals surface area (Å²) in [5, 5.41) is 0. The Kier molecular flexibility index (Phi) is 4.58. The quantitative estimate of drug-likeness (QED) is 0.466. The highest BCUT2D eigenvalue weighted by Crippen LogP contribution is 2.14. The van der Waals surface area contributed by atoms with Gasteiger partial charge in [0, 0.05) is 6.08 Å². The molecule has 0 aromatic rings. The Morgan fingerprint density at radius 3 is 2.69 bits per heavy atom. The van der Waals surface area contributed by atoms with Gasteiger partial charge in [0.05, 0.1) is 0 Å². The number of hydrogen-bond acceptors (Lipinski definition) is 2. The molecule has 13 heavy (non-hydrogen) atoms. The molecule has 0 aromatic heterocycles. The Balaban J connectivity index is 1.95. The van der Waals surface area contributed by atoms with Crippen molar-refractivity contribution in [2.24, 2.45) is 0 Å². The van der Waals surface area contributed by atoms with Crippen LogP contribution in [0.3, 0.4) is 0 Å². The molecule has 74 valence electrons. The minimum absolute atomic E-state index is 0.0640. The normalized spacial score (nSPS) is 20.7. The molecule has 0 spiro atoms. The molecular weight excluding hydrogens is 164 g/mol. The van der Waals surface area contributed by atoms with Crippen molar-refractivity contribution in [2.45, 2.75) is 51.6 Å². The van der Waals surface area contributed by atoms with Gasteiger partial charge >= 0.3 is 5.97 Å². The van der Waals surface area contributed by atoms with Crippen molar-refractivity contribution in [3.63, 3.8) is 0 Å². The largest absolute Gasteiger partial charge is 0.455 e. The average Bonchev–Trinajstić information content (AvgIpc) is 2.51. The summed E-state index contributed by atoms with van der Waals surface area (Å²) in [5.41, 5.74) is 0. The van der Waals surface area contributed by atoms with Crippen molar-refractivity contribution in [2.75, 3.05) is 0 Å². The molecule has 0 radical (unpaired) electrons. The lowest BCUT2D eigenvalue weighted by atomic mass is 10.1. The first-order valence-electron chi connectivity index (χ1n) is 5.21. The number of carbonyl (C=O) groups excluding carboxylic acids is 1. The summed E-state index contributed by atoms with van der Waals surface area (Å²) in [6.45, 7) is 2.21. The van der Waals surface area contributed by atoms with Gasteiger partial charge in [-0.25, -0.2) is 4.79 Å². The lowest BCUT2D eigenvalue weighted by Gasteiger charge is -2.07. The van der Waals surface area contributed by atoms with Gasteiger partial charge < -0.3 is 4.74 Å². The Bertz CT molecular complexity index is 185. The Hall–Kier alpha value is -0.790. The molecule has 2 heteroatoms. The summed E-state index contributed by atoms with van der Waals surface area (Å²) in [4.78, 5) is 10.7. The molecule has 0 N–H and O–H groups in total. The first-order valence-corrected chi connectivity index (χ1v) is 5.21. The Morgan fingerprint density at radius 1 is 1.31 bits per heavy atom. The van der Waals surface area contributed by atoms with Crippen LogP contribution in [0.15, 0.2) is 12.2 Å². The summed E-state index contributed by atoms with van der Waals surface area (Å²) in [6.07, 6.45) is 10.8. The zero-order valence-electron chi connectivity index (χ0n) is 8.29. The molecule has 0 saturated heterocycles. The van der Waals surface area contributed by atoms with Gasteiger partial charge in [0.2, 0.25) is 0 Å².